The van der Waals surface area contributed by atoms with Crippen molar-refractivity contribution in [2.75, 3.05) is 0 Å². The van der Waals surface area contributed by atoms with Crippen LogP contribution in [0.5, 0.6) is 0 Å². The van der Waals surface area contributed by atoms with Gasteiger partial charge in [0.05, 0.1) is 0 Å². The molecule has 22 heavy (non-hydrogen) atoms. The van der Waals surface area contributed by atoms with Crippen LogP contribution in [0.1, 0.15) is 22.3 Å². The summed E-state index contributed by atoms with van der Waals surface area (Å²) in [4.78, 5) is 0. The highest BCUT2D eigenvalue weighted by Gasteiger charge is 2.59. The molecule has 0 aliphatic heterocycles. The molecule has 0 saturated heterocycles. The number of hydrogen-bond acceptors (Lipinski definition) is 0. The van der Waals surface area contributed by atoms with Crippen LogP contribution in [0, 0.1) is 0 Å². The van der Waals surface area contributed by atoms with Crippen molar-refractivity contribution in [2.24, 2.45) is 0 Å². The van der Waals surface area contributed by atoms with E-state index in [1.165, 1.54) is 18.2 Å². The van der Waals surface area contributed by atoms with Crippen LogP contribution in [0.25, 0.3) is 11.6 Å². The van der Waals surface area contributed by atoms with Gasteiger partial charge in [0.15, 0.2) is 0 Å². The van der Waals surface area contributed by atoms with Crippen molar-refractivity contribution >= 4 is 11.6 Å². The lowest BCUT2D eigenvalue weighted by atomic mass is 9.94. The van der Waals surface area contributed by atoms with Crippen LogP contribution < -0.4 is 0 Å². The van der Waals surface area contributed by atoms with Crippen molar-refractivity contribution in [3.05, 3.63) is 70.8 Å². The monoisotopic (exact) mass is 310 g/mol. The summed E-state index contributed by atoms with van der Waals surface area (Å²) in [5, 5.41) is 0. The summed E-state index contributed by atoms with van der Waals surface area (Å²) in [6, 6.07) is 12.1. The quantitative estimate of drug-likeness (QED) is 0.648. The van der Waals surface area contributed by atoms with E-state index in [4.69, 9.17) is 0 Å². The molecule has 2 aromatic carbocycles. The van der Waals surface area contributed by atoms with E-state index >= 15 is 0 Å². The Morgan fingerprint density at radius 2 is 1.41 bits per heavy atom. The van der Waals surface area contributed by atoms with E-state index in [1.807, 2.05) is 18.2 Å². The molecule has 1 aliphatic rings. The smallest absolute Gasteiger partial charge is 0.191 e. The zero-order valence-corrected chi connectivity index (χ0v) is 11.3. The topological polar surface area (TPSA) is 0 Å². The van der Waals surface area contributed by atoms with Gasteiger partial charge in [-0.1, -0.05) is 54.6 Å². The number of alkyl halides is 5. The Hall–Kier alpha value is -2.17. The van der Waals surface area contributed by atoms with E-state index in [0.717, 1.165) is 17.2 Å². The first-order valence-corrected chi connectivity index (χ1v) is 6.63. The predicted octanol–water partition coefficient (Wildman–Crippen LogP) is 5.44. The maximum atomic E-state index is 13.8. The molecule has 0 atom stereocenters. The molecule has 0 nitrogen and oxygen atoms in total. The summed E-state index contributed by atoms with van der Waals surface area (Å²) in [5.41, 5.74) is 1.19. The summed E-state index contributed by atoms with van der Waals surface area (Å²) in [7, 11) is 0. The van der Waals surface area contributed by atoms with Gasteiger partial charge >= 0.3 is 12.1 Å². The zero-order valence-electron chi connectivity index (χ0n) is 11.3. The molecule has 0 spiro atoms. The molecular weight excluding hydrogens is 299 g/mol. The lowest BCUT2D eigenvalue weighted by molar-refractivity contribution is -0.289. The first-order valence-electron chi connectivity index (χ1n) is 6.63. The van der Waals surface area contributed by atoms with Crippen LogP contribution >= 0.6 is 0 Å². The third-order valence-corrected chi connectivity index (χ3v) is 3.73. The Bertz CT molecular complexity index is 741. The minimum Gasteiger partial charge on any atom is -0.191 e. The average molecular weight is 310 g/mol. The van der Waals surface area contributed by atoms with Crippen molar-refractivity contribution in [3.63, 3.8) is 0 Å². The molecule has 114 valence electrons. The Balaban J connectivity index is 2.09. The average Bonchev–Trinajstić information content (AvgIpc) is 2.90. The van der Waals surface area contributed by atoms with Crippen molar-refractivity contribution in [1.29, 1.82) is 0 Å². The maximum absolute atomic E-state index is 13.8. The van der Waals surface area contributed by atoms with Gasteiger partial charge < -0.3 is 0 Å². The lowest BCUT2D eigenvalue weighted by Gasteiger charge is -2.23. The molecule has 0 N–H and O–H groups in total. The molecule has 0 aromatic heterocycles. The first-order chi connectivity index (χ1) is 10.3. The minimum atomic E-state index is -5.62. The van der Waals surface area contributed by atoms with Crippen LogP contribution in [0.4, 0.5) is 22.0 Å². The third kappa shape index (κ3) is 2.30. The maximum Gasteiger partial charge on any atom is 0.458 e. The molecular formula is C17H11F5. The molecule has 2 aromatic rings. The van der Waals surface area contributed by atoms with Gasteiger partial charge in [-0.3, -0.25) is 0 Å². The standard InChI is InChI=1S/C17H11F5/c18-16(19,17(20,21)22)15-8-4-3-7-14(15)13-9-11-5-1-2-6-12(11)10-13/h1-9H,10H2. The van der Waals surface area contributed by atoms with E-state index in [-0.39, 0.29) is 5.56 Å². The second-order valence-corrected chi connectivity index (χ2v) is 5.16. The summed E-state index contributed by atoms with van der Waals surface area (Å²) in [5.74, 6) is -4.88. The fourth-order valence-electron chi connectivity index (χ4n) is 2.64. The van der Waals surface area contributed by atoms with Gasteiger partial charge in [-0.05, 0) is 28.7 Å². The molecule has 0 fully saturated rings. The van der Waals surface area contributed by atoms with E-state index in [1.54, 1.807) is 12.1 Å². The molecule has 0 unspecified atom stereocenters. The Morgan fingerprint density at radius 3 is 2.09 bits per heavy atom. The lowest BCUT2D eigenvalue weighted by Crippen LogP contribution is -2.34. The number of rotatable bonds is 2. The van der Waals surface area contributed by atoms with Crippen molar-refractivity contribution in [2.45, 2.75) is 18.5 Å². The van der Waals surface area contributed by atoms with Gasteiger partial charge in [-0.25, -0.2) is 0 Å². The van der Waals surface area contributed by atoms with Crippen LogP contribution in [0.2, 0.25) is 0 Å². The largest absolute Gasteiger partial charge is 0.458 e. The molecule has 0 radical (unpaired) electrons. The van der Waals surface area contributed by atoms with Gasteiger partial charge in [0.25, 0.3) is 0 Å². The van der Waals surface area contributed by atoms with E-state index < -0.39 is 17.7 Å². The highest BCUT2D eigenvalue weighted by atomic mass is 19.4. The van der Waals surface area contributed by atoms with Gasteiger partial charge in [-0.2, -0.15) is 22.0 Å². The highest BCUT2D eigenvalue weighted by Crippen LogP contribution is 2.47. The summed E-state index contributed by atoms with van der Waals surface area (Å²) in [6.07, 6.45) is -3.60. The first kappa shape index (κ1) is 14.8. The van der Waals surface area contributed by atoms with E-state index in [0.29, 0.717) is 12.0 Å². The Kier molecular flexibility index (Phi) is 3.31. The fourth-order valence-corrected chi connectivity index (χ4v) is 2.64. The van der Waals surface area contributed by atoms with Gasteiger partial charge in [0, 0.05) is 5.56 Å². The summed E-state index contributed by atoms with van der Waals surface area (Å²) in [6.45, 7) is 0. The number of allylic oxidation sites excluding steroid dienone is 1. The molecule has 0 amide bonds. The molecule has 0 heterocycles. The third-order valence-electron chi connectivity index (χ3n) is 3.73. The normalized spacial score (nSPS) is 14.7. The second-order valence-electron chi connectivity index (χ2n) is 5.16. The number of fused-ring (bicyclic) bond motifs is 1. The van der Waals surface area contributed by atoms with Crippen molar-refractivity contribution in [3.8, 4) is 0 Å². The van der Waals surface area contributed by atoms with E-state index in [2.05, 4.69) is 0 Å². The fraction of sp³-hybridized carbons (Fsp3) is 0.176. The summed E-state index contributed by atoms with van der Waals surface area (Å²) < 4.78 is 65.5. The molecule has 0 bridgehead atoms. The van der Waals surface area contributed by atoms with Crippen LogP contribution in [0.15, 0.2) is 48.5 Å². The van der Waals surface area contributed by atoms with Crippen LogP contribution in [-0.2, 0) is 12.3 Å². The minimum absolute atomic E-state index is 0.0546. The van der Waals surface area contributed by atoms with Crippen molar-refractivity contribution in [1.82, 2.24) is 0 Å². The Morgan fingerprint density at radius 1 is 0.773 bits per heavy atom. The number of benzene rings is 2. The predicted molar refractivity (Wildman–Crippen MR) is 74.4 cm³/mol. The summed E-state index contributed by atoms with van der Waals surface area (Å²) >= 11 is 0. The van der Waals surface area contributed by atoms with Crippen LogP contribution in [0.3, 0.4) is 0 Å². The number of hydrogen-bond donors (Lipinski definition) is 0. The number of halogens is 5. The van der Waals surface area contributed by atoms with Gasteiger partial charge in [-0.15, -0.1) is 0 Å². The zero-order chi connectivity index (χ0) is 16.0. The van der Waals surface area contributed by atoms with Crippen LogP contribution in [-0.4, -0.2) is 6.18 Å². The second kappa shape index (κ2) is 4.93. The molecule has 0 saturated carbocycles. The highest BCUT2D eigenvalue weighted by molar-refractivity contribution is 5.89. The van der Waals surface area contributed by atoms with Crippen molar-refractivity contribution < 1.29 is 22.0 Å². The Labute approximate surface area is 123 Å². The van der Waals surface area contributed by atoms with Gasteiger partial charge in [0.1, 0.15) is 0 Å². The molecule has 3 rings (SSSR count). The van der Waals surface area contributed by atoms with E-state index in [9.17, 15) is 22.0 Å². The SMILES string of the molecule is FC(F)(F)C(F)(F)c1ccccc1C1=Cc2ccccc2C1. The molecule has 1 aliphatic carbocycles. The van der Waals surface area contributed by atoms with Gasteiger partial charge in [0.2, 0.25) is 0 Å². The molecule has 5 heteroatoms.